The lowest BCUT2D eigenvalue weighted by Gasteiger charge is -2.31. The number of rotatable bonds is 7. The predicted molar refractivity (Wildman–Crippen MR) is 96.3 cm³/mol. The second-order valence-corrected chi connectivity index (χ2v) is 6.17. The zero-order valence-corrected chi connectivity index (χ0v) is 14.3. The first-order valence-electron chi connectivity index (χ1n) is 8.67. The second kappa shape index (κ2) is 9.88. The quantitative estimate of drug-likeness (QED) is 0.748. The van der Waals surface area contributed by atoms with Crippen molar-refractivity contribution in [3.63, 3.8) is 0 Å². The molecule has 0 aromatic heterocycles. The van der Waals surface area contributed by atoms with Crippen molar-refractivity contribution in [3.05, 3.63) is 42.0 Å². The molecular formula is C19H27N3O2. The zero-order valence-electron chi connectivity index (χ0n) is 14.3. The van der Waals surface area contributed by atoms with Gasteiger partial charge in [-0.1, -0.05) is 37.3 Å². The molecule has 1 fully saturated rings. The molecule has 1 atom stereocenters. The molecule has 2 N–H and O–H groups in total. The maximum Gasteiger partial charge on any atom is 0.244 e. The average Bonchev–Trinajstić information content (AvgIpc) is 2.64. The normalized spacial score (nSPS) is 18.5. The van der Waals surface area contributed by atoms with E-state index in [0.717, 1.165) is 31.6 Å². The van der Waals surface area contributed by atoms with E-state index in [1.165, 1.54) is 12.5 Å². The molecule has 0 unspecified atom stereocenters. The van der Waals surface area contributed by atoms with Crippen LogP contribution in [0.5, 0.6) is 0 Å². The Hall–Kier alpha value is -2.14. The molecule has 1 heterocycles. The van der Waals surface area contributed by atoms with E-state index >= 15 is 0 Å². The number of carbonyl (C=O) groups is 2. The molecule has 0 bridgehead atoms. The number of amides is 2. The first-order valence-corrected chi connectivity index (χ1v) is 8.67. The lowest BCUT2D eigenvalue weighted by Crippen LogP contribution is -2.43. The molecule has 130 valence electrons. The molecule has 0 spiro atoms. The highest BCUT2D eigenvalue weighted by atomic mass is 16.2. The maximum atomic E-state index is 11.9. The number of carbonyl (C=O) groups excluding carboxylic acids is 2. The van der Waals surface area contributed by atoms with Crippen LogP contribution in [0.15, 0.2) is 36.4 Å². The van der Waals surface area contributed by atoms with Gasteiger partial charge in [-0.05, 0) is 43.5 Å². The van der Waals surface area contributed by atoms with Gasteiger partial charge in [-0.25, -0.2) is 0 Å². The number of hydrogen-bond acceptors (Lipinski definition) is 3. The summed E-state index contributed by atoms with van der Waals surface area (Å²) in [6.07, 6.45) is 5.52. The fourth-order valence-electron chi connectivity index (χ4n) is 2.89. The molecule has 2 rings (SSSR count). The molecule has 0 saturated carbocycles. The maximum absolute atomic E-state index is 11.9. The van der Waals surface area contributed by atoms with Crippen LogP contribution in [0.4, 0.5) is 0 Å². The molecule has 0 radical (unpaired) electrons. The Labute approximate surface area is 144 Å². The minimum absolute atomic E-state index is 0.0160. The Morgan fingerprint density at radius 3 is 2.79 bits per heavy atom. The molecule has 5 heteroatoms. The summed E-state index contributed by atoms with van der Waals surface area (Å²) in [5, 5.41) is 5.53. The van der Waals surface area contributed by atoms with E-state index in [-0.39, 0.29) is 18.4 Å². The zero-order chi connectivity index (χ0) is 17.2. The van der Waals surface area contributed by atoms with Crippen molar-refractivity contribution in [2.75, 3.05) is 32.7 Å². The van der Waals surface area contributed by atoms with Gasteiger partial charge in [0.15, 0.2) is 0 Å². The third kappa shape index (κ3) is 6.54. The molecule has 1 aliphatic rings. The predicted octanol–water partition coefficient (Wildman–Crippen LogP) is 1.66. The number of piperidine rings is 1. The van der Waals surface area contributed by atoms with Gasteiger partial charge in [-0.3, -0.25) is 9.59 Å². The molecule has 1 aliphatic heterocycles. The molecular weight excluding hydrogens is 302 g/mol. The highest BCUT2D eigenvalue weighted by molar-refractivity contribution is 5.94. The van der Waals surface area contributed by atoms with Gasteiger partial charge in [-0.2, -0.15) is 0 Å². The van der Waals surface area contributed by atoms with Gasteiger partial charge in [0, 0.05) is 19.2 Å². The van der Waals surface area contributed by atoms with Crippen molar-refractivity contribution in [2.24, 2.45) is 5.92 Å². The van der Waals surface area contributed by atoms with E-state index in [4.69, 9.17) is 0 Å². The van der Waals surface area contributed by atoms with Crippen LogP contribution in [0.2, 0.25) is 0 Å². The lowest BCUT2D eigenvalue weighted by atomic mass is 9.98. The van der Waals surface area contributed by atoms with Gasteiger partial charge in [-0.15, -0.1) is 0 Å². The van der Waals surface area contributed by atoms with Crippen LogP contribution in [-0.4, -0.2) is 49.4 Å². The molecule has 5 nitrogen and oxygen atoms in total. The van der Waals surface area contributed by atoms with Crippen LogP contribution in [0, 0.1) is 5.92 Å². The van der Waals surface area contributed by atoms with Gasteiger partial charge in [0.25, 0.3) is 0 Å². The Kier molecular flexibility index (Phi) is 7.49. The van der Waals surface area contributed by atoms with Gasteiger partial charge in [0.05, 0.1) is 6.54 Å². The Morgan fingerprint density at radius 1 is 1.25 bits per heavy atom. The standard InChI is InChI=1S/C19H27N3O2/c1-2-22-12-6-9-17(15-22)13-20-19(24)14-21-18(23)11-10-16-7-4-3-5-8-16/h3-5,7-8,10-11,17H,2,6,9,12-15H2,1H3,(H,20,24)(H,21,23)/b11-10+/t17-/m0/s1. The van der Waals surface area contributed by atoms with E-state index in [1.54, 1.807) is 6.08 Å². The highest BCUT2D eigenvalue weighted by Gasteiger charge is 2.19. The lowest BCUT2D eigenvalue weighted by molar-refractivity contribution is -0.124. The summed E-state index contributed by atoms with van der Waals surface area (Å²) in [5.74, 6) is 0.116. The first kappa shape index (κ1) is 18.2. The van der Waals surface area contributed by atoms with Crippen LogP contribution in [0.3, 0.4) is 0 Å². The van der Waals surface area contributed by atoms with Crippen molar-refractivity contribution in [3.8, 4) is 0 Å². The summed E-state index contributed by atoms with van der Waals surface area (Å²) in [5.41, 5.74) is 0.954. The van der Waals surface area contributed by atoms with Crippen molar-refractivity contribution in [1.29, 1.82) is 0 Å². The van der Waals surface area contributed by atoms with E-state index in [1.807, 2.05) is 30.3 Å². The minimum atomic E-state index is -0.260. The van der Waals surface area contributed by atoms with Crippen LogP contribution < -0.4 is 10.6 Å². The summed E-state index contributed by atoms with van der Waals surface area (Å²) in [6.45, 7) is 6.13. The van der Waals surface area contributed by atoms with Gasteiger partial charge < -0.3 is 15.5 Å². The molecule has 1 saturated heterocycles. The number of benzene rings is 1. The number of nitrogens with zero attached hydrogens (tertiary/aromatic N) is 1. The van der Waals surface area contributed by atoms with Gasteiger partial charge >= 0.3 is 0 Å². The highest BCUT2D eigenvalue weighted by Crippen LogP contribution is 2.14. The molecule has 2 amide bonds. The van der Waals surface area contributed by atoms with E-state index in [2.05, 4.69) is 22.5 Å². The monoisotopic (exact) mass is 329 g/mol. The van der Waals surface area contributed by atoms with Crippen LogP contribution in [-0.2, 0) is 9.59 Å². The average molecular weight is 329 g/mol. The summed E-state index contributed by atoms with van der Waals surface area (Å²) >= 11 is 0. The number of nitrogens with one attached hydrogen (secondary N) is 2. The fourth-order valence-corrected chi connectivity index (χ4v) is 2.89. The molecule has 1 aromatic rings. The third-order valence-corrected chi connectivity index (χ3v) is 4.29. The van der Waals surface area contributed by atoms with Crippen LogP contribution in [0.1, 0.15) is 25.3 Å². The van der Waals surface area contributed by atoms with Crippen molar-refractivity contribution >= 4 is 17.9 Å². The smallest absolute Gasteiger partial charge is 0.244 e. The Morgan fingerprint density at radius 2 is 2.04 bits per heavy atom. The summed E-state index contributed by atoms with van der Waals surface area (Å²) in [7, 11) is 0. The van der Waals surface area contributed by atoms with Crippen LogP contribution >= 0.6 is 0 Å². The largest absolute Gasteiger partial charge is 0.354 e. The van der Waals surface area contributed by atoms with Crippen LogP contribution in [0.25, 0.3) is 6.08 Å². The Balaban J connectivity index is 1.64. The minimum Gasteiger partial charge on any atom is -0.354 e. The van der Waals surface area contributed by atoms with E-state index in [0.29, 0.717) is 12.5 Å². The van der Waals surface area contributed by atoms with Gasteiger partial charge in [0.1, 0.15) is 0 Å². The van der Waals surface area contributed by atoms with Crippen molar-refractivity contribution in [2.45, 2.75) is 19.8 Å². The van der Waals surface area contributed by atoms with E-state index in [9.17, 15) is 9.59 Å². The fraction of sp³-hybridized carbons (Fsp3) is 0.474. The van der Waals surface area contributed by atoms with Crippen molar-refractivity contribution < 1.29 is 9.59 Å². The summed E-state index contributed by atoms with van der Waals surface area (Å²) in [6, 6.07) is 9.58. The SMILES string of the molecule is CCN1CCC[C@@H](CNC(=O)CNC(=O)/C=C/c2ccccc2)C1. The first-order chi connectivity index (χ1) is 11.7. The topological polar surface area (TPSA) is 61.4 Å². The Bertz CT molecular complexity index is 557. The van der Waals surface area contributed by atoms with Crippen molar-refractivity contribution in [1.82, 2.24) is 15.5 Å². The molecule has 0 aliphatic carbocycles. The summed E-state index contributed by atoms with van der Waals surface area (Å²) in [4.78, 5) is 26.0. The molecule has 1 aromatic carbocycles. The van der Waals surface area contributed by atoms with E-state index < -0.39 is 0 Å². The number of likely N-dealkylation sites (tertiary alicyclic amines) is 1. The number of hydrogen-bond donors (Lipinski definition) is 2. The third-order valence-electron chi connectivity index (χ3n) is 4.29. The van der Waals surface area contributed by atoms with Gasteiger partial charge in [0.2, 0.25) is 11.8 Å². The summed E-state index contributed by atoms with van der Waals surface area (Å²) < 4.78 is 0. The molecule has 24 heavy (non-hydrogen) atoms. The second-order valence-electron chi connectivity index (χ2n) is 6.17.